The third-order valence-corrected chi connectivity index (χ3v) is 2.90. The zero-order valence-corrected chi connectivity index (χ0v) is 10.7. The maximum atomic E-state index is 5.52. The molecule has 90 valence electrons. The number of hydrogen-bond donors (Lipinski definition) is 1. The van der Waals surface area contributed by atoms with Crippen LogP contribution >= 0.6 is 0 Å². The van der Waals surface area contributed by atoms with Gasteiger partial charge in [-0.15, -0.1) is 0 Å². The lowest BCUT2D eigenvalue weighted by molar-refractivity contribution is 0.414. The summed E-state index contributed by atoms with van der Waals surface area (Å²) in [4.78, 5) is 2.19. The summed E-state index contributed by atoms with van der Waals surface area (Å²) in [6, 6.07) is 4.26. The van der Waals surface area contributed by atoms with E-state index < -0.39 is 0 Å². The lowest BCUT2D eigenvalue weighted by Gasteiger charge is -2.22. The molecular formula is C13H22N2O. The second-order valence-corrected chi connectivity index (χ2v) is 4.17. The highest BCUT2D eigenvalue weighted by atomic mass is 16.5. The number of nitrogens with two attached hydrogens (primary N) is 1. The van der Waals surface area contributed by atoms with Gasteiger partial charge >= 0.3 is 0 Å². The van der Waals surface area contributed by atoms with Crippen molar-refractivity contribution in [1.29, 1.82) is 0 Å². The van der Waals surface area contributed by atoms with Crippen LogP contribution in [0.3, 0.4) is 0 Å². The van der Waals surface area contributed by atoms with Crippen molar-refractivity contribution >= 4 is 5.69 Å². The number of rotatable bonds is 5. The summed E-state index contributed by atoms with van der Waals surface area (Å²) in [5, 5.41) is 0. The van der Waals surface area contributed by atoms with Gasteiger partial charge in [0.25, 0.3) is 0 Å². The van der Waals surface area contributed by atoms with E-state index in [4.69, 9.17) is 10.5 Å². The highest BCUT2D eigenvalue weighted by Gasteiger charge is 2.09. The molecule has 0 saturated carbocycles. The smallest absolute Gasteiger partial charge is 0.142 e. The molecule has 0 saturated heterocycles. The Hall–Kier alpha value is -1.22. The minimum atomic E-state index is 0.720. The molecule has 0 radical (unpaired) electrons. The lowest BCUT2D eigenvalue weighted by Crippen LogP contribution is -2.21. The number of ether oxygens (including phenoxy) is 1. The Balaban J connectivity index is 2.96. The van der Waals surface area contributed by atoms with E-state index in [1.807, 2.05) is 0 Å². The van der Waals surface area contributed by atoms with Crippen LogP contribution in [0.25, 0.3) is 0 Å². The first-order valence-electron chi connectivity index (χ1n) is 5.66. The van der Waals surface area contributed by atoms with Crippen molar-refractivity contribution in [3.05, 3.63) is 23.3 Å². The average Bonchev–Trinajstić information content (AvgIpc) is 2.28. The van der Waals surface area contributed by atoms with Gasteiger partial charge in [0.05, 0.1) is 12.8 Å². The third-order valence-electron chi connectivity index (χ3n) is 2.90. The van der Waals surface area contributed by atoms with Crippen molar-refractivity contribution in [2.75, 3.05) is 32.1 Å². The minimum absolute atomic E-state index is 0.720. The molecule has 0 aromatic heterocycles. The molecule has 1 aromatic carbocycles. The summed E-state index contributed by atoms with van der Waals surface area (Å²) in [6.07, 6.45) is 0.993. The van der Waals surface area contributed by atoms with Crippen molar-refractivity contribution in [1.82, 2.24) is 0 Å². The van der Waals surface area contributed by atoms with Crippen LogP contribution in [-0.2, 0) is 0 Å². The van der Waals surface area contributed by atoms with E-state index in [1.165, 1.54) is 11.1 Å². The number of benzene rings is 1. The molecule has 0 aliphatic rings. The fourth-order valence-electron chi connectivity index (χ4n) is 1.69. The van der Waals surface area contributed by atoms with E-state index in [-0.39, 0.29) is 0 Å². The molecule has 0 bridgehead atoms. The number of nitrogens with zero attached hydrogens (tertiary/aromatic N) is 1. The fourth-order valence-corrected chi connectivity index (χ4v) is 1.69. The van der Waals surface area contributed by atoms with Gasteiger partial charge in [-0.3, -0.25) is 0 Å². The van der Waals surface area contributed by atoms with Gasteiger partial charge in [0.1, 0.15) is 5.75 Å². The van der Waals surface area contributed by atoms with Crippen molar-refractivity contribution in [2.45, 2.75) is 20.3 Å². The minimum Gasteiger partial charge on any atom is -0.495 e. The van der Waals surface area contributed by atoms with Crippen LogP contribution < -0.4 is 15.4 Å². The maximum absolute atomic E-state index is 5.52. The lowest BCUT2D eigenvalue weighted by atomic mass is 10.1. The molecule has 0 amide bonds. The van der Waals surface area contributed by atoms with Crippen LogP contribution in [0.15, 0.2) is 12.1 Å². The molecule has 2 N–H and O–H groups in total. The Labute approximate surface area is 98.2 Å². The van der Waals surface area contributed by atoms with Gasteiger partial charge in [-0.1, -0.05) is 0 Å². The van der Waals surface area contributed by atoms with Crippen LogP contribution in [0, 0.1) is 13.8 Å². The van der Waals surface area contributed by atoms with Crippen LogP contribution in [-0.4, -0.2) is 27.2 Å². The first-order valence-corrected chi connectivity index (χ1v) is 5.66. The maximum Gasteiger partial charge on any atom is 0.142 e. The monoisotopic (exact) mass is 222 g/mol. The summed E-state index contributed by atoms with van der Waals surface area (Å²) in [6.45, 7) is 5.89. The Morgan fingerprint density at radius 1 is 1.25 bits per heavy atom. The van der Waals surface area contributed by atoms with Gasteiger partial charge in [-0.25, -0.2) is 0 Å². The molecule has 0 aliphatic carbocycles. The fraction of sp³-hybridized carbons (Fsp3) is 0.538. The summed E-state index contributed by atoms with van der Waals surface area (Å²) in [7, 11) is 3.78. The van der Waals surface area contributed by atoms with Crippen molar-refractivity contribution in [3.8, 4) is 5.75 Å². The number of methoxy groups -OCH3 is 1. The van der Waals surface area contributed by atoms with Gasteiger partial charge in [0, 0.05) is 13.6 Å². The van der Waals surface area contributed by atoms with Crippen LogP contribution in [0.2, 0.25) is 0 Å². The summed E-state index contributed by atoms with van der Waals surface area (Å²) in [5.74, 6) is 0.933. The molecule has 16 heavy (non-hydrogen) atoms. The SMILES string of the molecule is COc1cc(C)c(C)cc1N(C)CCCN. The van der Waals surface area contributed by atoms with Gasteiger partial charge in [0.15, 0.2) is 0 Å². The molecule has 0 atom stereocenters. The van der Waals surface area contributed by atoms with E-state index in [1.54, 1.807) is 7.11 Å². The first-order chi connectivity index (χ1) is 7.60. The van der Waals surface area contributed by atoms with Crippen LogP contribution in [0.1, 0.15) is 17.5 Å². The largest absolute Gasteiger partial charge is 0.495 e. The van der Waals surface area contributed by atoms with E-state index >= 15 is 0 Å². The second-order valence-electron chi connectivity index (χ2n) is 4.17. The molecule has 1 aromatic rings. The number of anilines is 1. The number of aryl methyl sites for hydroxylation is 2. The Bertz CT molecular complexity index is 350. The molecule has 0 heterocycles. The summed E-state index contributed by atoms with van der Waals surface area (Å²) >= 11 is 0. The van der Waals surface area contributed by atoms with Crippen molar-refractivity contribution in [2.24, 2.45) is 5.73 Å². The van der Waals surface area contributed by atoms with Gasteiger partial charge in [-0.05, 0) is 50.1 Å². The van der Waals surface area contributed by atoms with Crippen molar-refractivity contribution in [3.63, 3.8) is 0 Å². The molecule has 1 rings (SSSR count). The third kappa shape index (κ3) is 2.89. The van der Waals surface area contributed by atoms with Gasteiger partial charge in [0.2, 0.25) is 0 Å². The zero-order chi connectivity index (χ0) is 12.1. The molecule has 0 unspecified atom stereocenters. The standard InChI is InChI=1S/C13H22N2O/c1-10-8-12(15(3)7-5-6-14)13(16-4)9-11(10)2/h8-9H,5-7,14H2,1-4H3. The quantitative estimate of drug-likeness (QED) is 0.829. The zero-order valence-electron chi connectivity index (χ0n) is 10.7. The Morgan fingerprint density at radius 2 is 1.88 bits per heavy atom. The molecule has 3 nitrogen and oxygen atoms in total. The molecular weight excluding hydrogens is 200 g/mol. The van der Waals surface area contributed by atoms with E-state index in [0.29, 0.717) is 0 Å². The van der Waals surface area contributed by atoms with E-state index in [2.05, 4.69) is 37.9 Å². The Morgan fingerprint density at radius 3 is 2.44 bits per heavy atom. The van der Waals surface area contributed by atoms with Crippen LogP contribution in [0.4, 0.5) is 5.69 Å². The topological polar surface area (TPSA) is 38.5 Å². The van der Waals surface area contributed by atoms with Gasteiger partial charge < -0.3 is 15.4 Å². The van der Waals surface area contributed by atoms with Crippen LogP contribution in [0.5, 0.6) is 5.75 Å². The average molecular weight is 222 g/mol. The molecule has 3 heteroatoms. The predicted octanol–water partition coefficient (Wildman–Crippen LogP) is 2.10. The summed E-state index contributed by atoms with van der Waals surface area (Å²) < 4.78 is 5.41. The first kappa shape index (κ1) is 12.8. The Kier molecular flexibility index (Phi) is 4.62. The molecule has 0 fully saturated rings. The summed E-state index contributed by atoms with van der Waals surface area (Å²) in [5.41, 5.74) is 9.20. The van der Waals surface area contributed by atoms with E-state index in [9.17, 15) is 0 Å². The highest BCUT2D eigenvalue weighted by Crippen LogP contribution is 2.30. The second kappa shape index (κ2) is 5.75. The normalized spacial score (nSPS) is 10.3. The van der Waals surface area contributed by atoms with Crippen molar-refractivity contribution < 1.29 is 4.74 Å². The highest BCUT2D eigenvalue weighted by molar-refractivity contribution is 5.61. The number of hydrogen-bond acceptors (Lipinski definition) is 3. The van der Waals surface area contributed by atoms with E-state index in [0.717, 1.165) is 30.9 Å². The molecule has 0 spiro atoms. The predicted molar refractivity (Wildman–Crippen MR) is 69.4 cm³/mol. The van der Waals surface area contributed by atoms with Gasteiger partial charge in [-0.2, -0.15) is 0 Å². The molecule has 0 aliphatic heterocycles.